The molecular formula is C16H23NO2. The third kappa shape index (κ3) is 2.80. The third-order valence-corrected chi connectivity index (χ3v) is 4.04. The SMILES string of the molecule is CC1CCC(Nc2ccc3c(c2)OC(C)(C)O3)CC1. The van der Waals surface area contributed by atoms with Crippen LogP contribution >= 0.6 is 0 Å². The van der Waals surface area contributed by atoms with Crippen LogP contribution in [0.1, 0.15) is 46.5 Å². The molecule has 1 N–H and O–H groups in total. The van der Waals surface area contributed by atoms with Crippen LogP contribution in [0.3, 0.4) is 0 Å². The number of anilines is 1. The lowest BCUT2D eigenvalue weighted by atomic mass is 9.87. The number of benzene rings is 1. The molecule has 19 heavy (non-hydrogen) atoms. The van der Waals surface area contributed by atoms with Gasteiger partial charge in [-0.1, -0.05) is 6.92 Å². The monoisotopic (exact) mass is 261 g/mol. The molecule has 1 fully saturated rings. The van der Waals surface area contributed by atoms with Gasteiger partial charge in [0.25, 0.3) is 0 Å². The van der Waals surface area contributed by atoms with Crippen LogP contribution in [-0.4, -0.2) is 11.8 Å². The fourth-order valence-electron chi connectivity index (χ4n) is 2.95. The molecule has 2 aliphatic rings. The smallest absolute Gasteiger partial charge is 0.246 e. The van der Waals surface area contributed by atoms with E-state index in [4.69, 9.17) is 9.47 Å². The van der Waals surface area contributed by atoms with Crippen LogP contribution in [0.4, 0.5) is 5.69 Å². The molecule has 0 aromatic heterocycles. The highest BCUT2D eigenvalue weighted by molar-refractivity contribution is 5.56. The predicted molar refractivity (Wildman–Crippen MR) is 76.8 cm³/mol. The summed E-state index contributed by atoms with van der Waals surface area (Å²) >= 11 is 0. The molecular weight excluding hydrogens is 238 g/mol. The Labute approximate surface area is 115 Å². The molecule has 1 aliphatic heterocycles. The van der Waals surface area contributed by atoms with Gasteiger partial charge in [-0.2, -0.15) is 0 Å². The van der Waals surface area contributed by atoms with Crippen molar-refractivity contribution in [1.29, 1.82) is 0 Å². The fraction of sp³-hybridized carbons (Fsp3) is 0.625. The first-order valence-corrected chi connectivity index (χ1v) is 7.30. The van der Waals surface area contributed by atoms with Crippen molar-refractivity contribution in [1.82, 2.24) is 0 Å². The topological polar surface area (TPSA) is 30.5 Å². The Balaban J connectivity index is 1.67. The minimum atomic E-state index is -0.540. The van der Waals surface area contributed by atoms with Crippen molar-refractivity contribution in [3.63, 3.8) is 0 Å². The first-order chi connectivity index (χ1) is 9.02. The van der Waals surface area contributed by atoms with Gasteiger partial charge < -0.3 is 14.8 Å². The van der Waals surface area contributed by atoms with E-state index in [0.29, 0.717) is 6.04 Å². The lowest BCUT2D eigenvalue weighted by molar-refractivity contribution is -0.0431. The summed E-state index contributed by atoms with van der Waals surface area (Å²) in [5.41, 5.74) is 1.14. The van der Waals surface area contributed by atoms with E-state index in [2.05, 4.69) is 24.4 Å². The molecule has 0 spiro atoms. The first kappa shape index (κ1) is 12.6. The Morgan fingerprint density at radius 3 is 2.47 bits per heavy atom. The maximum Gasteiger partial charge on any atom is 0.246 e. The second-order valence-corrected chi connectivity index (χ2v) is 6.37. The van der Waals surface area contributed by atoms with Gasteiger partial charge in [-0.05, 0) is 43.7 Å². The van der Waals surface area contributed by atoms with E-state index in [9.17, 15) is 0 Å². The molecule has 0 radical (unpaired) electrons. The van der Waals surface area contributed by atoms with Gasteiger partial charge in [-0.25, -0.2) is 0 Å². The Bertz CT molecular complexity index is 462. The molecule has 0 bridgehead atoms. The van der Waals surface area contributed by atoms with E-state index in [1.165, 1.54) is 25.7 Å². The number of fused-ring (bicyclic) bond motifs is 1. The number of nitrogens with one attached hydrogen (secondary N) is 1. The van der Waals surface area contributed by atoms with Crippen LogP contribution in [0.5, 0.6) is 11.5 Å². The Hall–Kier alpha value is -1.38. The maximum atomic E-state index is 5.78. The van der Waals surface area contributed by atoms with Gasteiger partial charge in [0.15, 0.2) is 11.5 Å². The lowest BCUT2D eigenvalue weighted by Crippen LogP contribution is -2.29. The number of hydrogen-bond acceptors (Lipinski definition) is 3. The van der Waals surface area contributed by atoms with E-state index in [1.54, 1.807) is 0 Å². The summed E-state index contributed by atoms with van der Waals surface area (Å²) in [6.07, 6.45) is 5.19. The summed E-state index contributed by atoms with van der Waals surface area (Å²) in [4.78, 5) is 0. The van der Waals surface area contributed by atoms with Crippen LogP contribution in [0.15, 0.2) is 18.2 Å². The van der Waals surface area contributed by atoms with Gasteiger partial charge in [0.05, 0.1) is 0 Å². The molecule has 3 heteroatoms. The molecule has 1 aliphatic carbocycles. The van der Waals surface area contributed by atoms with Crippen molar-refractivity contribution in [2.45, 2.75) is 58.3 Å². The molecule has 1 aromatic carbocycles. The van der Waals surface area contributed by atoms with Crippen molar-refractivity contribution in [2.75, 3.05) is 5.32 Å². The molecule has 1 saturated carbocycles. The Kier molecular flexibility index (Phi) is 3.08. The predicted octanol–water partition coefficient (Wildman–Crippen LogP) is 4.18. The van der Waals surface area contributed by atoms with Crippen molar-refractivity contribution in [2.24, 2.45) is 5.92 Å². The molecule has 1 heterocycles. The van der Waals surface area contributed by atoms with Crippen molar-refractivity contribution in [3.8, 4) is 11.5 Å². The molecule has 1 aromatic rings. The van der Waals surface area contributed by atoms with E-state index in [-0.39, 0.29) is 0 Å². The fourth-order valence-corrected chi connectivity index (χ4v) is 2.95. The number of ether oxygens (including phenoxy) is 2. The molecule has 0 amide bonds. The molecule has 0 unspecified atom stereocenters. The molecule has 3 rings (SSSR count). The van der Waals surface area contributed by atoms with Crippen LogP contribution in [-0.2, 0) is 0 Å². The van der Waals surface area contributed by atoms with Crippen molar-refractivity contribution < 1.29 is 9.47 Å². The summed E-state index contributed by atoms with van der Waals surface area (Å²) in [7, 11) is 0. The van der Waals surface area contributed by atoms with Gasteiger partial charge in [-0.3, -0.25) is 0 Å². The van der Waals surface area contributed by atoms with Crippen LogP contribution in [0.2, 0.25) is 0 Å². The zero-order valence-electron chi connectivity index (χ0n) is 12.0. The van der Waals surface area contributed by atoms with Gasteiger partial charge in [0.1, 0.15) is 0 Å². The van der Waals surface area contributed by atoms with E-state index in [0.717, 1.165) is 23.1 Å². The molecule has 0 atom stereocenters. The normalized spacial score (nSPS) is 28.2. The second-order valence-electron chi connectivity index (χ2n) is 6.37. The van der Waals surface area contributed by atoms with Gasteiger partial charge in [-0.15, -0.1) is 0 Å². The van der Waals surface area contributed by atoms with Crippen LogP contribution in [0, 0.1) is 5.92 Å². The minimum Gasteiger partial charge on any atom is -0.449 e. The first-order valence-electron chi connectivity index (χ1n) is 7.30. The Morgan fingerprint density at radius 2 is 1.74 bits per heavy atom. The van der Waals surface area contributed by atoms with Gasteiger partial charge >= 0.3 is 0 Å². The zero-order chi connectivity index (χ0) is 13.5. The standard InChI is InChI=1S/C16H23NO2/c1-11-4-6-12(7-5-11)17-13-8-9-14-15(10-13)19-16(2,3)18-14/h8-12,17H,4-7H2,1-3H3. The van der Waals surface area contributed by atoms with Gasteiger partial charge in [0, 0.05) is 31.6 Å². The number of rotatable bonds is 2. The van der Waals surface area contributed by atoms with E-state index >= 15 is 0 Å². The highest BCUT2D eigenvalue weighted by Crippen LogP contribution is 2.41. The molecule has 104 valence electrons. The van der Waals surface area contributed by atoms with Crippen LogP contribution in [0.25, 0.3) is 0 Å². The van der Waals surface area contributed by atoms with Crippen molar-refractivity contribution in [3.05, 3.63) is 18.2 Å². The summed E-state index contributed by atoms with van der Waals surface area (Å²) in [5, 5.41) is 3.62. The number of hydrogen-bond donors (Lipinski definition) is 1. The average Bonchev–Trinajstić information content (AvgIpc) is 2.65. The molecule has 0 saturated heterocycles. The summed E-state index contributed by atoms with van der Waals surface area (Å²) in [6.45, 7) is 6.21. The maximum absolute atomic E-state index is 5.78. The Morgan fingerprint density at radius 1 is 1.05 bits per heavy atom. The van der Waals surface area contributed by atoms with Gasteiger partial charge in [0.2, 0.25) is 5.79 Å². The van der Waals surface area contributed by atoms with E-state index in [1.807, 2.05) is 19.9 Å². The second kappa shape index (κ2) is 4.62. The molecule has 3 nitrogen and oxygen atoms in total. The zero-order valence-corrected chi connectivity index (χ0v) is 12.0. The summed E-state index contributed by atoms with van der Waals surface area (Å²) in [6, 6.07) is 6.74. The quantitative estimate of drug-likeness (QED) is 0.866. The van der Waals surface area contributed by atoms with E-state index < -0.39 is 5.79 Å². The van der Waals surface area contributed by atoms with Crippen molar-refractivity contribution >= 4 is 5.69 Å². The minimum absolute atomic E-state index is 0.540. The lowest BCUT2D eigenvalue weighted by Gasteiger charge is -2.27. The summed E-state index contributed by atoms with van der Waals surface area (Å²) < 4.78 is 11.5. The largest absolute Gasteiger partial charge is 0.449 e. The third-order valence-electron chi connectivity index (χ3n) is 4.04. The summed E-state index contributed by atoms with van der Waals surface area (Å²) in [5.74, 6) is 2.03. The average molecular weight is 261 g/mol. The highest BCUT2D eigenvalue weighted by atomic mass is 16.7. The van der Waals surface area contributed by atoms with Crippen LogP contribution < -0.4 is 14.8 Å². The highest BCUT2D eigenvalue weighted by Gasteiger charge is 2.31.